The Morgan fingerprint density at radius 2 is 1.87 bits per heavy atom. The largest absolute Gasteiger partial charge is 0.487 e. The van der Waals surface area contributed by atoms with E-state index in [0.29, 0.717) is 6.42 Å². The number of likely N-dealkylation sites (tertiary alicyclic amines) is 1. The second-order valence-electron chi connectivity index (χ2n) is 9.05. The molecule has 2 aromatic carbocycles. The number of fused-ring (bicyclic) bond motifs is 1. The summed E-state index contributed by atoms with van der Waals surface area (Å²) in [5.41, 5.74) is 2.07. The van der Waals surface area contributed by atoms with Gasteiger partial charge in [0.2, 0.25) is 5.91 Å². The summed E-state index contributed by atoms with van der Waals surface area (Å²) in [4.78, 5) is 14.9. The Bertz CT molecular complexity index is 873. The molecule has 0 radical (unpaired) electrons. The molecule has 1 spiro atoms. The van der Waals surface area contributed by atoms with E-state index in [1.165, 1.54) is 12.1 Å². The first-order chi connectivity index (χ1) is 14.4. The number of para-hydroxylation sites is 1. The van der Waals surface area contributed by atoms with Crippen LogP contribution in [0.25, 0.3) is 0 Å². The lowest BCUT2D eigenvalue weighted by Gasteiger charge is -2.47. The quantitative estimate of drug-likeness (QED) is 0.781. The maximum Gasteiger partial charge on any atom is 0.220 e. The predicted molar refractivity (Wildman–Crippen MR) is 116 cm³/mol. The summed E-state index contributed by atoms with van der Waals surface area (Å²) >= 11 is 0. The third-order valence-corrected chi connectivity index (χ3v) is 6.27. The molecule has 5 heteroatoms. The molecule has 4 nitrogen and oxygen atoms in total. The van der Waals surface area contributed by atoms with E-state index in [1.807, 2.05) is 44.2 Å². The fraction of sp³-hybridized carbons (Fsp3) is 0.480. The lowest BCUT2D eigenvalue weighted by molar-refractivity contribution is -0.122. The molecule has 30 heavy (non-hydrogen) atoms. The van der Waals surface area contributed by atoms with E-state index in [-0.39, 0.29) is 29.3 Å². The topological polar surface area (TPSA) is 41.6 Å². The van der Waals surface area contributed by atoms with Gasteiger partial charge in [-0.1, -0.05) is 30.3 Å². The molecular weight excluding hydrogens is 379 g/mol. The first kappa shape index (κ1) is 20.9. The third-order valence-electron chi connectivity index (χ3n) is 6.27. The molecule has 2 aliphatic rings. The van der Waals surface area contributed by atoms with Crippen LogP contribution in [0, 0.1) is 5.82 Å². The van der Waals surface area contributed by atoms with Crippen molar-refractivity contribution < 1.29 is 13.9 Å². The maximum absolute atomic E-state index is 13.2. The number of nitrogens with one attached hydrogen (secondary N) is 1. The van der Waals surface area contributed by atoms with Crippen LogP contribution in [-0.4, -0.2) is 35.5 Å². The van der Waals surface area contributed by atoms with Gasteiger partial charge in [-0.2, -0.15) is 0 Å². The molecule has 1 saturated heterocycles. The highest BCUT2D eigenvalue weighted by Crippen LogP contribution is 2.46. The molecule has 160 valence electrons. The van der Waals surface area contributed by atoms with Crippen LogP contribution in [0.4, 0.5) is 4.39 Å². The van der Waals surface area contributed by atoms with Gasteiger partial charge in [0.1, 0.15) is 17.2 Å². The number of nitrogens with zero attached hydrogens (tertiary/aromatic N) is 1. The average molecular weight is 411 g/mol. The molecule has 1 fully saturated rings. The number of carbonyl (C=O) groups excluding carboxylic acids is 1. The zero-order chi connectivity index (χ0) is 21.1. The molecule has 1 amide bonds. The van der Waals surface area contributed by atoms with E-state index < -0.39 is 0 Å². The minimum atomic E-state index is -0.212. The van der Waals surface area contributed by atoms with Crippen molar-refractivity contribution in [3.63, 3.8) is 0 Å². The molecule has 1 atom stereocenters. The van der Waals surface area contributed by atoms with Crippen LogP contribution in [0.1, 0.15) is 56.6 Å². The number of benzene rings is 2. The van der Waals surface area contributed by atoms with Crippen molar-refractivity contribution in [1.29, 1.82) is 0 Å². The maximum atomic E-state index is 13.2. The normalized spacial score (nSPS) is 20.6. The first-order valence-electron chi connectivity index (χ1n) is 11.0. The van der Waals surface area contributed by atoms with Crippen molar-refractivity contribution in [3.05, 3.63) is 65.5 Å². The van der Waals surface area contributed by atoms with Crippen molar-refractivity contribution in [1.82, 2.24) is 10.2 Å². The van der Waals surface area contributed by atoms with Crippen LogP contribution in [0.5, 0.6) is 5.75 Å². The minimum Gasteiger partial charge on any atom is -0.487 e. The lowest BCUT2D eigenvalue weighted by Crippen LogP contribution is -2.50. The van der Waals surface area contributed by atoms with E-state index >= 15 is 0 Å². The van der Waals surface area contributed by atoms with Gasteiger partial charge in [0.25, 0.3) is 0 Å². The van der Waals surface area contributed by atoms with E-state index in [0.717, 1.165) is 55.8 Å². The summed E-state index contributed by atoms with van der Waals surface area (Å²) in [6.07, 6.45) is 3.25. The Morgan fingerprint density at radius 1 is 1.17 bits per heavy atom. The van der Waals surface area contributed by atoms with Crippen LogP contribution in [0.15, 0.2) is 48.5 Å². The van der Waals surface area contributed by atoms with Gasteiger partial charge >= 0.3 is 0 Å². The number of hydrogen-bond donors (Lipinski definition) is 1. The van der Waals surface area contributed by atoms with Gasteiger partial charge in [0.15, 0.2) is 0 Å². The summed E-state index contributed by atoms with van der Waals surface area (Å²) in [5.74, 6) is 1.02. The van der Waals surface area contributed by atoms with E-state index in [4.69, 9.17) is 4.74 Å². The Hall–Kier alpha value is -2.40. The summed E-state index contributed by atoms with van der Waals surface area (Å²) in [7, 11) is 0. The standard InChI is InChI=1S/C25H31FN2O2/c1-18(2)27-24(29)15-20-16-25(30-23-6-4-3-5-22(20)23)11-13-28(14-12-25)17-19-7-9-21(26)10-8-19/h3-10,18,20H,11-17H2,1-2H3,(H,27,29)/t20-/m0/s1. The fourth-order valence-corrected chi connectivity index (χ4v) is 4.80. The minimum absolute atomic E-state index is 0.107. The fourth-order valence-electron chi connectivity index (χ4n) is 4.80. The predicted octanol–water partition coefficient (Wildman–Crippen LogP) is 4.64. The Morgan fingerprint density at radius 3 is 2.57 bits per heavy atom. The molecule has 2 aromatic rings. The Kier molecular flexibility index (Phi) is 6.09. The SMILES string of the molecule is CC(C)NC(=O)C[C@H]1CC2(CCN(Cc3ccc(F)cc3)CC2)Oc2ccccc21. The smallest absolute Gasteiger partial charge is 0.220 e. The van der Waals surface area contributed by atoms with Crippen molar-refractivity contribution in [2.75, 3.05) is 13.1 Å². The molecule has 0 aromatic heterocycles. The Labute approximate surface area is 178 Å². The van der Waals surface area contributed by atoms with Crippen LogP contribution in [-0.2, 0) is 11.3 Å². The summed E-state index contributed by atoms with van der Waals surface area (Å²) in [6, 6.07) is 15.1. The highest BCUT2D eigenvalue weighted by Gasteiger charge is 2.43. The molecule has 2 aliphatic heterocycles. The Balaban J connectivity index is 1.44. The van der Waals surface area contributed by atoms with Crippen LogP contribution in [0.2, 0.25) is 0 Å². The molecular formula is C25H31FN2O2. The highest BCUT2D eigenvalue weighted by molar-refractivity contribution is 5.77. The zero-order valence-corrected chi connectivity index (χ0v) is 17.9. The molecule has 1 N–H and O–H groups in total. The van der Waals surface area contributed by atoms with E-state index in [1.54, 1.807) is 0 Å². The van der Waals surface area contributed by atoms with Gasteiger partial charge in [-0.25, -0.2) is 4.39 Å². The van der Waals surface area contributed by atoms with Crippen molar-refractivity contribution in [3.8, 4) is 5.75 Å². The second-order valence-corrected chi connectivity index (χ2v) is 9.05. The average Bonchev–Trinajstić information content (AvgIpc) is 2.71. The second kappa shape index (κ2) is 8.76. The van der Waals surface area contributed by atoms with Crippen molar-refractivity contribution >= 4 is 5.91 Å². The van der Waals surface area contributed by atoms with Crippen LogP contribution < -0.4 is 10.1 Å². The van der Waals surface area contributed by atoms with Crippen molar-refractivity contribution in [2.24, 2.45) is 0 Å². The van der Waals surface area contributed by atoms with Gasteiger partial charge in [-0.15, -0.1) is 0 Å². The third kappa shape index (κ3) is 4.84. The van der Waals surface area contributed by atoms with E-state index in [2.05, 4.69) is 16.3 Å². The number of carbonyl (C=O) groups is 1. The van der Waals surface area contributed by atoms with Crippen LogP contribution >= 0.6 is 0 Å². The van der Waals surface area contributed by atoms with Crippen LogP contribution in [0.3, 0.4) is 0 Å². The number of hydrogen-bond acceptors (Lipinski definition) is 3. The molecule has 2 heterocycles. The number of piperidine rings is 1. The summed E-state index contributed by atoms with van der Waals surface area (Å²) < 4.78 is 19.7. The molecule has 0 aliphatic carbocycles. The molecule has 0 bridgehead atoms. The zero-order valence-electron chi connectivity index (χ0n) is 17.9. The van der Waals surface area contributed by atoms with Gasteiger partial charge in [-0.05, 0) is 62.4 Å². The molecule has 4 rings (SSSR count). The first-order valence-corrected chi connectivity index (χ1v) is 11.0. The monoisotopic (exact) mass is 410 g/mol. The number of amides is 1. The number of ether oxygens (including phenoxy) is 1. The number of halogens is 1. The number of rotatable bonds is 5. The van der Waals surface area contributed by atoms with Crippen molar-refractivity contribution in [2.45, 2.75) is 63.6 Å². The summed E-state index contributed by atoms with van der Waals surface area (Å²) in [6.45, 7) is 6.68. The summed E-state index contributed by atoms with van der Waals surface area (Å²) in [5, 5.41) is 3.04. The lowest BCUT2D eigenvalue weighted by atomic mass is 9.76. The van der Waals surface area contributed by atoms with Gasteiger partial charge in [-0.3, -0.25) is 9.69 Å². The molecule has 0 saturated carbocycles. The molecule has 0 unspecified atom stereocenters. The van der Waals surface area contributed by atoms with Gasteiger partial charge in [0, 0.05) is 38.0 Å². The van der Waals surface area contributed by atoms with Gasteiger partial charge < -0.3 is 10.1 Å². The van der Waals surface area contributed by atoms with E-state index in [9.17, 15) is 9.18 Å². The van der Waals surface area contributed by atoms with Gasteiger partial charge in [0.05, 0.1) is 0 Å². The highest BCUT2D eigenvalue weighted by atomic mass is 19.1.